The number of nitrogens with one attached hydrogen (secondary N) is 1. The average Bonchev–Trinajstić information content (AvgIpc) is 2.49. The SMILES string of the molecule is CCNC(C)c1ccc(N(CC)CC(CC)CC)c(Br)c1. The number of hydrogen-bond donors (Lipinski definition) is 1. The van der Waals surface area contributed by atoms with Crippen molar-refractivity contribution in [3.8, 4) is 0 Å². The summed E-state index contributed by atoms with van der Waals surface area (Å²) in [6.07, 6.45) is 2.50. The third-order valence-electron chi connectivity index (χ3n) is 4.34. The van der Waals surface area contributed by atoms with Crippen LogP contribution in [0.25, 0.3) is 0 Å². The third kappa shape index (κ3) is 5.30. The van der Waals surface area contributed by atoms with Crippen molar-refractivity contribution >= 4 is 21.6 Å². The standard InChI is InChI=1S/C18H31BrN2/c1-6-15(7-2)13-21(9-4)18-11-10-16(12-17(18)19)14(5)20-8-3/h10-12,14-15,20H,6-9,13H2,1-5H3. The molecule has 0 aliphatic carbocycles. The van der Waals surface area contributed by atoms with Crippen LogP contribution in [-0.4, -0.2) is 19.6 Å². The van der Waals surface area contributed by atoms with E-state index in [1.54, 1.807) is 0 Å². The number of benzene rings is 1. The normalized spacial score (nSPS) is 12.7. The van der Waals surface area contributed by atoms with Gasteiger partial charge in [0.1, 0.15) is 0 Å². The van der Waals surface area contributed by atoms with Crippen LogP contribution in [0.2, 0.25) is 0 Å². The second kappa shape index (κ2) is 9.47. The molecule has 0 aromatic heterocycles. The van der Waals surface area contributed by atoms with E-state index in [9.17, 15) is 0 Å². The Hall–Kier alpha value is -0.540. The maximum atomic E-state index is 3.77. The van der Waals surface area contributed by atoms with Crippen LogP contribution in [0.15, 0.2) is 22.7 Å². The lowest BCUT2D eigenvalue weighted by Crippen LogP contribution is -2.29. The summed E-state index contributed by atoms with van der Waals surface area (Å²) >= 11 is 3.77. The van der Waals surface area contributed by atoms with Crippen molar-refractivity contribution in [2.24, 2.45) is 5.92 Å². The molecule has 0 aliphatic heterocycles. The van der Waals surface area contributed by atoms with Gasteiger partial charge in [0.2, 0.25) is 0 Å². The molecular formula is C18H31BrN2. The lowest BCUT2D eigenvalue weighted by atomic mass is 10.0. The summed E-state index contributed by atoms with van der Waals surface area (Å²) in [5, 5.41) is 3.47. The van der Waals surface area contributed by atoms with E-state index in [0.29, 0.717) is 6.04 Å². The molecule has 0 spiro atoms. The Labute approximate surface area is 139 Å². The molecule has 0 aliphatic rings. The molecule has 0 saturated heterocycles. The summed E-state index contributed by atoms with van der Waals surface area (Å²) < 4.78 is 1.21. The summed E-state index contributed by atoms with van der Waals surface area (Å²) in [5.74, 6) is 0.775. The highest BCUT2D eigenvalue weighted by atomic mass is 79.9. The number of anilines is 1. The van der Waals surface area contributed by atoms with Gasteiger partial charge in [-0.05, 0) is 59.9 Å². The molecule has 1 rings (SSSR count). The van der Waals surface area contributed by atoms with E-state index >= 15 is 0 Å². The Balaban J connectivity index is 2.90. The fourth-order valence-corrected chi connectivity index (χ4v) is 3.38. The van der Waals surface area contributed by atoms with Gasteiger partial charge in [0.15, 0.2) is 0 Å². The molecular weight excluding hydrogens is 324 g/mol. The number of hydrogen-bond acceptors (Lipinski definition) is 2. The lowest BCUT2D eigenvalue weighted by molar-refractivity contribution is 0.486. The molecule has 2 nitrogen and oxygen atoms in total. The first-order chi connectivity index (χ1) is 10.1. The van der Waals surface area contributed by atoms with Gasteiger partial charge in [0.05, 0.1) is 5.69 Å². The van der Waals surface area contributed by atoms with Gasteiger partial charge in [-0.1, -0.05) is 39.7 Å². The second-order valence-corrected chi connectivity index (χ2v) is 6.57. The quantitative estimate of drug-likeness (QED) is 0.640. The molecule has 1 N–H and O–H groups in total. The first kappa shape index (κ1) is 18.5. The van der Waals surface area contributed by atoms with E-state index in [1.165, 1.54) is 28.6 Å². The number of rotatable bonds is 9. The Kier molecular flexibility index (Phi) is 8.35. The number of halogens is 1. The van der Waals surface area contributed by atoms with E-state index in [1.807, 2.05) is 0 Å². The smallest absolute Gasteiger partial charge is 0.0510 e. The molecule has 3 heteroatoms. The summed E-state index contributed by atoms with van der Waals surface area (Å²) in [5.41, 5.74) is 2.66. The summed E-state index contributed by atoms with van der Waals surface area (Å²) in [4.78, 5) is 2.49. The van der Waals surface area contributed by atoms with Crippen LogP contribution in [0.3, 0.4) is 0 Å². The van der Waals surface area contributed by atoms with Gasteiger partial charge in [0.25, 0.3) is 0 Å². The highest BCUT2D eigenvalue weighted by Gasteiger charge is 2.14. The number of nitrogens with zero attached hydrogens (tertiary/aromatic N) is 1. The van der Waals surface area contributed by atoms with Crippen LogP contribution in [0.5, 0.6) is 0 Å². The van der Waals surface area contributed by atoms with Gasteiger partial charge in [-0.3, -0.25) is 0 Å². The maximum Gasteiger partial charge on any atom is 0.0510 e. The molecule has 1 atom stereocenters. The highest BCUT2D eigenvalue weighted by Crippen LogP contribution is 2.30. The van der Waals surface area contributed by atoms with Crippen molar-refractivity contribution in [3.63, 3.8) is 0 Å². The highest BCUT2D eigenvalue weighted by molar-refractivity contribution is 9.10. The Morgan fingerprint density at radius 2 is 1.81 bits per heavy atom. The molecule has 21 heavy (non-hydrogen) atoms. The molecule has 0 bridgehead atoms. The van der Waals surface area contributed by atoms with Crippen LogP contribution < -0.4 is 10.2 Å². The molecule has 1 aromatic carbocycles. The van der Waals surface area contributed by atoms with Crippen molar-refractivity contribution in [2.75, 3.05) is 24.5 Å². The lowest BCUT2D eigenvalue weighted by Gasteiger charge is -2.29. The minimum Gasteiger partial charge on any atom is -0.371 e. The van der Waals surface area contributed by atoms with Gasteiger partial charge in [0, 0.05) is 23.6 Å². The Morgan fingerprint density at radius 3 is 2.29 bits per heavy atom. The van der Waals surface area contributed by atoms with Crippen LogP contribution in [0.4, 0.5) is 5.69 Å². The largest absolute Gasteiger partial charge is 0.371 e. The fraction of sp³-hybridized carbons (Fsp3) is 0.667. The topological polar surface area (TPSA) is 15.3 Å². The van der Waals surface area contributed by atoms with Crippen LogP contribution in [0.1, 0.15) is 59.1 Å². The summed E-state index contributed by atoms with van der Waals surface area (Å²) in [6.45, 7) is 14.4. The van der Waals surface area contributed by atoms with E-state index in [0.717, 1.165) is 25.6 Å². The molecule has 0 fully saturated rings. The van der Waals surface area contributed by atoms with Crippen molar-refractivity contribution in [2.45, 2.75) is 53.5 Å². The van der Waals surface area contributed by atoms with E-state index in [2.05, 4.69) is 79.0 Å². The van der Waals surface area contributed by atoms with Crippen molar-refractivity contribution in [1.29, 1.82) is 0 Å². The summed E-state index contributed by atoms with van der Waals surface area (Å²) in [6, 6.07) is 7.18. The van der Waals surface area contributed by atoms with Crippen LogP contribution in [-0.2, 0) is 0 Å². The maximum absolute atomic E-state index is 3.77. The molecule has 1 unspecified atom stereocenters. The average molecular weight is 355 g/mol. The van der Waals surface area contributed by atoms with Crippen molar-refractivity contribution in [3.05, 3.63) is 28.2 Å². The zero-order chi connectivity index (χ0) is 15.8. The molecule has 1 aromatic rings. The van der Waals surface area contributed by atoms with Gasteiger partial charge in [-0.25, -0.2) is 0 Å². The predicted octanol–water partition coefficient (Wildman–Crippen LogP) is 5.38. The summed E-state index contributed by atoms with van der Waals surface area (Å²) in [7, 11) is 0. The zero-order valence-corrected chi connectivity index (χ0v) is 15.8. The van der Waals surface area contributed by atoms with Crippen LogP contribution in [0, 0.1) is 5.92 Å². The first-order valence-corrected chi connectivity index (χ1v) is 9.14. The van der Waals surface area contributed by atoms with Crippen molar-refractivity contribution in [1.82, 2.24) is 5.32 Å². The molecule has 0 heterocycles. The monoisotopic (exact) mass is 354 g/mol. The molecule has 0 amide bonds. The zero-order valence-electron chi connectivity index (χ0n) is 14.2. The van der Waals surface area contributed by atoms with E-state index < -0.39 is 0 Å². The minimum atomic E-state index is 0.398. The van der Waals surface area contributed by atoms with Crippen LogP contribution >= 0.6 is 15.9 Å². The van der Waals surface area contributed by atoms with Gasteiger partial charge < -0.3 is 10.2 Å². The second-order valence-electron chi connectivity index (χ2n) is 5.71. The third-order valence-corrected chi connectivity index (χ3v) is 4.97. The van der Waals surface area contributed by atoms with Gasteiger partial charge in [-0.2, -0.15) is 0 Å². The molecule has 0 saturated carbocycles. The van der Waals surface area contributed by atoms with E-state index in [4.69, 9.17) is 0 Å². The molecule has 0 radical (unpaired) electrons. The van der Waals surface area contributed by atoms with Gasteiger partial charge in [-0.15, -0.1) is 0 Å². The fourth-order valence-electron chi connectivity index (χ4n) is 2.73. The first-order valence-electron chi connectivity index (χ1n) is 8.34. The Morgan fingerprint density at radius 1 is 1.14 bits per heavy atom. The van der Waals surface area contributed by atoms with Crippen molar-refractivity contribution < 1.29 is 0 Å². The van der Waals surface area contributed by atoms with E-state index in [-0.39, 0.29) is 0 Å². The minimum absolute atomic E-state index is 0.398. The van der Waals surface area contributed by atoms with Gasteiger partial charge >= 0.3 is 0 Å². The molecule has 120 valence electrons. The Bertz CT molecular complexity index is 416. The predicted molar refractivity (Wildman–Crippen MR) is 98.2 cm³/mol.